The zero-order valence-electron chi connectivity index (χ0n) is 11.1. The molecule has 0 aliphatic carbocycles. The second-order valence-electron chi connectivity index (χ2n) is 4.65. The van der Waals surface area contributed by atoms with Gasteiger partial charge in [0.1, 0.15) is 12.8 Å². The molecule has 106 valence electrons. The molecule has 1 unspecified atom stereocenters. The fourth-order valence-electron chi connectivity index (χ4n) is 2.18. The first kappa shape index (κ1) is 14.4. The van der Waals surface area contributed by atoms with Crippen LogP contribution in [0.4, 0.5) is 4.39 Å². The van der Waals surface area contributed by atoms with Crippen molar-refractivity contribution in [2.24, 2.45) is 0 Å². The minimum Gasteiger partial charge on any atom is -0.461 e. The summed E-state index contributed by atoms with van der Waals surface area (Å²) >= 11 is 1.57. The van der Waals surface area contributed by atoms with Crippen LogP contribution in [-0.2, 0) is 22.4 Å². The number of rotatable bonds is 6. The van der Waals surface area contributed by atoms with Crippen LogP contribution < -0.4 is 0 Å². The first-order valence-corrected chi connectivity index (χ1v) is 7.50. The van der Waals surface area contributed by atoms with Crippen molar-refractivity contribution in [2.45, 2.75) is 32.3 Å². The first-order chi connectivity index (χ1) is 9.21. The molecule has 0 radical (unpaired) electrons. The molecule has 0 N–H and O–H groups in total. The molecular weight excluding hydrogens is 267 g/mol. The summed E-state index contributed by atoms with van der Waals surface area (Å²) in [6.45, 7) is 3.57. The van der Waals surface area contributed by atoms with Crippen molar-refractivity contribution >= 4 is 17.3 Å². The Kier molecular flexibility index (Phi) is 5.27. The Bertz CT molecular complexity index is 425. The van der Waals surface area contributed by atoms with Gasteiger partial charge in [-0.2, -0.15) is 0 Å². The number of hydrogen-bond donors (Lipinski definition) is 0. The number of nitrogens with zero attached hydrogens (tertiary/aromatic N) is 2. The first-order valence-electron chi connectivity index (χ1n) is 6.62. The van der Waals surface area contributed by atoms with Crippen molar-refractivity contribution in [3.05, 3.63) is 16.1 Å². The summed E-state index contributed by atoms with van der Waals surface area (Å²) in [5.74, 6) is -0.236. The summed E-state index contributed by atoms with van der Waals surface area (Å²) in [4.78, 5) is 18.1. The number of likely N-dealkylation sites (tertiary alicyclic amines) is 1. The van der Waals surface area contributed by atoms with Gasteiger partial charge in [-0.25, -0.2) is 9.37 Å². The maximum Gasteiger partial charge on any atom is 0.312 e. The van der Waals surface area contributed by atoms with E-state index < -0.39 is 0 Å². The minimum absolute atomic E-state index is 0.0941. The number of carbonyl (C=O) groups excluding carboxylic acids is 1. The molecule has 4 nitrogen and oxygen atoms in total. The molecule has 2 heterocycles. The van der Waals surface area contributed by atoms with E-state index in [1.165, 1.54) is 0 Å². The molecule has 1 aromatic rings. The van der Waals surface area contributed by atoms with E-state index in [2.05, 4.69) is 4.98 Å². The topological polar surface area (TPSA) is 42.4 Å². The highest BCUT2D eigenvalue weighted by Gasteiger charge is 2.25. The van der Waals surface area contributed by atoms with Crippen LogP contribution in [0.1, 0.15) is 24.0 Å². The van der Waals surface area contributed by atoms with Gasteiger partial charge in [0.2, 0.25) is 0 Å². The van der Waals surface area contributed by atoms with Gasteiger partial charge in [-0.15, -0.1) is 11.3 Å². The van der Waals surface area contributed by atoms with Crippen LogP contribution in [0.5, 0.6) is 0 Å². The number of alkyl halides is 1. The highest BCUT2D eigenvalue weighted by molar-refractivity contribution is 7.09. The Labute approximate surface area is 116 Å². The summed E-state index contributed by atoms with van der Waals surface area (Å²) in [5, 5.41) is 2.95. The largest absolute Gasteiger partial charge is 0.461 e. The second-order valence-corrected chi connectivity index (χ2v) is 5.60. The number of esters is 1. The van der Waals surface area contributed by atoms with Crippen molar-refractivity contribution in [3.8, 4) is 0 Å². The van der Waals surface area contributed by atoms with Crippen molar-refractivity contribution in [3.63, 3.8) is 0 Å². The van der Waals surface area contributed by atoms with Gasteiger partial charge in [0.15, 0.2) is 0 Å². The second kappa shape index (κ2) is 6.96. The normalized spacial score (nSPS) is 19.8. The van der Waals surface area contributed by atoms with E-state index >= 15 is 0 Å². The molecule has 1 aromatic heterocycles. The van der Waals surface area contributed by atoms with E-state index in [-0.39, 0.29) is 25.2 Å². The predicted octanol–water partition coefficient (Wildman–Crippen LogP) is 1.83. The van der Waals surface area contributed by atoms with E-state index in [4.69, 9.17) is 4.74 Å². The number of halogens is 1. The molecule has 0 aromatic carbocycles. The molecule has 1 fully saturated rings. The molecule has 19 heavy (non-hydrogen) atoms. The molecule has 6 heteroatoms. The Hall–Kier alpha value is -1.01. The number of aryl methyl sites for hydroxylation is 1. The molecule has 0 bridgehead atoms. The van der Waals surface area contributed by atoms with E-state index in [0.717, 1.165) is 30.1 Å². The molecule has 0 spiro atoms. The number of carbonyl (C=O) groups is 1. The van der Waals surface area contributed by atoms with E-state index in [9.17, 15) is 9.18 Å². The molecule has 1 aliphatic rings. The van der Waals surface area contributed by atoms with Crippen LogP contribution in [-0.4, -0.2) is 48.3 Å². The smallest absolute Gasteiger partial charge is 0.312 e. The molecule has 1 atom stereocenters. The van der Waals surface area contributed by atoms with Gasteiger partial charge in [0.25, 0.3) is 0 Å². The fourth-order valence-corrected chi connectivity index (χ4v) is 2.93. The lowest BCUT2D eigenvalue weighted by molar-refractivity contribution is -0.147. The van der Waals surface area contributed by atoms with Crippen LogP contribution in [0.3, 0.4) is 0 Å². The lowest BCUT2D eigenvalue weighted by Gasteiger charge is -2.14. The Morgan fingerprint density at radius 2 is 2.53 bits per heavy atom. The molecule has 1 aliphatic heterocycles. The maximum atomic E-state index is 12.2. The van der Waals surface area contributed by atoms with Gasteiger partial charge < -0.3 is 4.74 Å². The average molecular weight is 286 g/mol. The summed E-state index contributed by atoms with van der Waals surface area (Å²) in [7, 11) is 0. The highest BCUT2D eigenvalue weighted by atomic mass is 32.1. The van der Waals surface area contributed by atoms with Gasteiger partial charge in [-0.1, -0.05) is 6.92 Å². The van der Waals surface area contributed by atoms with Crippen LogP contribution in [0.2, 0.25) is 0 Å². The average Bonchev–Trinajstić information content (AvgIpc) is 2.99. The van der Waals surface area contributed by atoms with E-state index in [1.807, 2.05) is 17.2 Å². The summed E-state index contributed by atoms with van der Waals surface area (Å²) in [6, 6.07) is 0. The number of hydrogen-bond acceptors (Lipinski definition) is 5. The quantitative estimate of drug-likeness (QED) is 0.748. The van der Waals surface area contributed by atoms with Crippen molar-refractivity contribution in [1.29, 1.82) is 0 Å². The fraction of sp³-hybridized carbons (Fsp3) is 0.692. The van der Waals surface area contributed by atoms with Gasteiger partial charge >= 0.3 is 5.97 Å². The van der Waals surface area contributed by atoms with Gasteiger partial charge in [0.05, 0.1) is 17.1 Å². The zero-order chi connectivity index (χ0) is 13.7. The summed E-state index contributed by atoms with van der Waals surface area (Å²) in [5.41, 5.74) is 0.783. The van der Waals surface area contributed by atoms with Gasteiger partial charge in [-0.05, 0) is 12.8 Å². The predicted molar refractivity (Wildman–Crippen MR) is 72.1 cm³/mol. The zero-order valence-corrected chi connectivity index (χ0v) is 11.9. The summed E-state index contributed by atoms with van der Waals surface area (Å²) < 4.78 is 17.6. The lowest BCUT2D eigenvalue weighted by Crippen LogP contribution is -2.27. The number of ether oxygens (including phenoxy) is 1. The molecule has 1 saturated heterocycles. The monoisotopic (exact) mass is 286 g/mol. The molecule has 2 rings (SSSR count). The minimum atomic E-state index is -0.348. The third-order valence-electron chi connectivity index (χ3n) is 3.16. The van der Waals surface area contributed by atoms with Gasteiger partial charge in [-0.3, -0.25) is 9.69 Å². The molecule has 0 saturated carbocycles. The van der Waals surface area contributed by atoms with Gasteiger partial charge in [0, 0.05) is 25.0 Å². The van der Waals surface area contributed by atoms with E-state index in [0.29, 0.717) is 13.1 Å². The van der Waals surface area contributed by atoms with Crippen LogP contribution in [0, 0.1) is 0 Å². The van der Waals surface area contributed by atoms with Crippen molar-refractivity contribution in [1.82, 2.24) is 9.88 Å². The van der Waals surface area contributed by atoms with Crippen molar-refractivity contribution in [2.75, 3.05) is 26.3 Å². The van der Waals surface area contributed by atoms with Crippen molar-refractivity contribution < 1.29 is 13.9 Å². The lowest BCUT2D eigenvalue weighted by atomic mass is 10.3. The number of aromatic nitrogens is 1. The highest BCUT2D eigenvalue weighted by Crippen LogP contribution is 2.15. The Morgan fingerprint density at radius 1 is 1.68 bits per heavy atom. The number of thiazole rings is 1. The van der Waals surface area contributed by atoms with Crippen LogP contribution >= 0.6 is 11.3 Å². The third-order valence-corrected chi connectivity index (χ3v) is 4.20. The van der Waals surface area contributed by atoms with E-state index in [1.54, 1.807) is 11.3 Å². The standard InChI is InChI=1S/C13H19FN2O2S/c1-2-12-15-10(9-19-12)7-13(17)18-11-3-5-16(8-11)6-4-14/h9,11H,2-8H2,1H3. The third kappa shape index (κ3) is 4.24. The maximum absolute atomic E-state index is 12.2. The molecular formula is C13H19FN2O2S. The van der Waals surface area contributed by atoms with Crippen LogP contribution in [0.15, 0.2) is 5.38 Å². The van der Waals surface area contributed by atoms with Crippen LogP contribution in [0.25, 0.3) is 0 Å². The molecule has 0 amide bonds. The summed E-state index contributed by atoms with van der Waals surface area (Å²) in [6.07, 6.45) is 1.82. The SMILES string of the molecule is CCc1nc(CC(=O)OC2CCN(CCF)C2)cs1. The Balaban J connectivity index is 1.75. The Morgan fingerprint density at radius 3 is 3.21 bits per heavy atom.